The molecule has 0 bridgehead atoms. The van der Waals surface area contributed by atoms with E-state index in [1.165, 1.54) is 6.33 Å². The van der Waals surface area contributed by atoms with Crippen LogP contribution >= 0.6 is 22.6 Å². The lowest BCUT2D eigenvalue weighted by Gasteiger charge is -2.35. The first kappa shape index (κ1) is 11.2. The molecule has 0 amide bonds. The van der Waals surface area contributed by atoms with E-state index >= 15 is 0 Å². The van der Waals surface area contributed by atoms with Gasteiger partial charge in [0, 0.05) is 22.4 Å². The van der Waals surface area contributed by atoms with Crippen LogP contribution in [-0.2, 0) is 0 Å². The first-order chi connectivity index (χ1) is 8.20. The average Bonchev–Trinajstić information content (AvgIpc) is 2.56. The molecule has 0 saturated heterocycles. The van der Waals surface area contributed by atoms with Gasteiger partial charge in [0.25, 0.3) is 0 Å². The highest BCUT2D eigenvalue weighted by atomic mass is 127. The Hall–Kier alpha value is -0.890. The SMILES string of the molecule is Nc1ncnc2c1c(I)cn2[C@H]1C[C@H](CO)C1. The first-order valence-electron chi connectivity index (χ1n) is 5.58. The Balaban J connectivity index is 2.04. The van der Waals surface area contributed by atoms with Crippen LogP contribution in [0.15, 0.2) is 12.5 Å². The molecule has 2 heterocycles. The summed E-state index contributed by atoms with van der Waals surface area (Å²) in [5.74, 6) is 0.977. The molecule has 0 unspecified atom stereocenters. The molecule has 2 aromatic rings. The Bertz CT molecular complexity index is 562. The number of nitrogen functional groups attached to an aromatic ring is 1. The third kappa shape index (κ3) is 1.70. The highest BCUT2D eigenvalue weighted by Crippen LogP contribution is 2.40. The number of hydrogen-bond acceptors (Lipinski definition) is 4. The highest BCUT2D eigenvalue weighted by molar-refractivity contribution is 14.1. The smallest absolute Gasteiger partial charge is 0.146 e. The van der Waals surface area contributed by atoms with Gasteiger partial charge in [-0.1, -0.05) is 0 Å². The zero-order valence-corrected chi connectivity index (χ0v) is 11.3. The van der Waals surface area contributed by atoms with Crippen molar-refractivity contribution in [3.8, 4) is 0 Å². The summed E-state index contributed by atoms with van der Waals surface area (Å²) in [5, 5.41) is 10.0. The predicted molar refractivity (Wildman–Crippen MR) is 73.5 cm³/mol. The lowest BCUT2D eigenvalue weighted by atomic mass is 9.81. The van der Waals surface area contributed by atoms with Gasteiger partial charge in [0.05, 0.1) is 5.39 Å². The Morgan fingerprint density at radius 3 is 2.94 bits per heavy atom. The number of hydrogen-bond donors (Lipinski definition) is 2. The molecule has 0 spiro atoms. The number of rotatable bonds is 2. The van der Waals surface area contributed by atoms with Crippen LogP contribution in [0.4, 0.5) is 5.82 Å². The van der Waals surface area contributed by atoms with Crippen molar-refractivity contribution in [2.45, 2.75) is 18.9 Å². The van der Waals surface area contributed by atoms with E-state index in [2.05, 4.69) is 43.3 Å². The monoisotopic (exact) mass is 344 g/mol. The maximum Gasteiger partial charge on any atom is 0.146 e. The minimum Gasteiger partial charge on any atom is -0.396 e. The normalized spacial score (nSPS) is 23.9. The van der Waals surface area contributed by atoms with Crippen molar-refractivity contribution < 1.29 is 5.11 Å². The summed E-state index contributed by atoms with van der Waals surface area (Å²) in [7, 11) is 0. The minimum atomic E-state index is 0.282. The lowest BCUT2D eigenvalue weighted by molar-refractivity contribution is 0.114. The van der Waals surface area contributed by atoms with Gasteiger partial charge in [-0.15, -0.1) is 0 Å². The Morgan fingerprint density at radius 2 is 2.24 bits per heavy atom. The molecule has 90 valence electrons. The summed E-state index contributed by atoms with van der Waals surface area (Å²) in [6.07, 6.45) is 5.61. The van der Waals surface area contributed by atoms with Crippen molar-refractivity contribution >= 4 is 39.4 Å². The second kappa shape index (κ2) is 4.09. The van der Waals surface area contributed by atoms with Gasteiger partial charge < -0.3 is 15.4 Å². The molecular formula is C11H13IN4O. The zero-order chi connectivity index (χ0) is 12.0. The van der Waals surface area contributed by atoms with Crippen LogP contribution in [0.2, 0.25) is 0 Å². The van der Waals surface area contributed by atoms with Gasteiger partial charge in [-0.25, -0.2) is 9.97 Å². The van der Waals surface area contributed by atoms with Crippen molar-refractivity contribution in [3.63, 3.8) is 0 Å². The quantitative estimate of drug-likeness (QED) is 0.811. The molecule has 3 N–H and O–H groups in total. The summed E-state index contributed by atoms with van der Waals surface area (Å²) in [5.41, 5.74) is 6.78. The maximum absolute atomic E-state index is 9.06. The largest absolute Gasteiger partial charge is 0.396 e. The number of anilines is 1. The third-order valence-electron chi connectivity index (χ3n) is 3.45. The minimum absolute atomic E-state index is 0.282. The molecule has 17 heavy (non-hydrogen) atoms. The van der Waals surface area contributed by atoms with Gasteiger partial charge in [-0.2, -0.15) is 0 Å². The topological polar surface area (TPSA) is 77.0 Å². The van der Waals surface area contributed by atoms with Crippen molar-refractivity contribution in [2.75, 3.05) is 12.3 Å². The van der Waals surface area contributed by atoms with Crippen LogP contribution in [0, 0.1) is 9.49 Å². The highest BCUT2D eigenvalue weighted by Gasteiger charge is 2.31. The fourth-order valence-electron chi connectivity index (χ4n) is 2.42. The summed E-state index contributed by atoms with van der Waals surface area (Å²) in [6, 6.07) is 0.437. The van der Waals surface area contributed by atoms with Crippen LogP contribution in [0.1, 0.15) is 18.9 Å². The molecule has 0 atom stereocenters. The molecule has 2 aromatic heterocycles. The van der Waals surface area contributed by atoms with Gasteiger partial charge in [0.15, 0.2) is 0 Å². The molecule has 5 nitrogen and oxygen atoms in total. The van der Waals surface area contributed by atoms with Crippen molar-refractivity contribution in [2.24, 2.45) is 5.92 Å². The summed E-state index contributed by atoms with van der Waals surface area (Å²) >= 11 is 2.26. The third-order valence-corrected chi connectivity index (χ3v) is 4.27. The molecule has 0 aliphatic heterocycles. The Morgan fingerprint density at radius 1 is 1.47 bits per heavy atom. The van der Waals surface area contributed by atoms with E-state index in [0.29, 0.717) is 17.8 Å². The van der Waals surface area contributed by atoms with Gasteiger partial charge in [-0.05, 0) is 41.4 Å². The van der Waals surface area contributed by atoms with E-state index < -0.39 is 0 Å². The van der Waals surface area contributed by atoms with Crippen LogP contribution in [0.5, 0.6) is 0 Å². The molecule has 0 radical (unpaired) electrons. The number of nitrogens with two attached hydrogens (primary N) is 1. The molecule has 1 fully saturated rings. The average molecular weight is 344 g/mol. The second-order valence-electron chi connectivity index (χ2n) is 4.52. The molecule has 0 aromatic carbocycles. The number of aromatic nitrogens is 3. The molecule has 1 aliphatic rings. The molecular weight excluding hydrogens is 331 g/mol. The van der Waals surface area contributed by atoms with Gasteiger partial charge >= 0.3 is 0 Å². The second-order valence-corrected chi connectivity index (χ2v) is 5.68. The van der Waals surface area contributed by atoms with E-state index in [0.717, 1.165) is 27.4 Å². The van der Waals surface area contributed by atoms with Gasteiger partial charge in [0.2, 0.25) is 0 Å². The lowest BCUT2D eigenvalue weighted by Crippen LogP contribution is -2.28. The Labute approximate surface area is 112 Å². The van der Waals surface area contributed by atoms with Crippen LogP contribution in [0.25, 0.3) is 11.0 Å². The van der Waals surface area contributed by atoms with Crippen LogP contribution in [0.3, 0.4) is 0 Å². The maximum atomic E-state index is 9.06. The van der Waals surface area contributed by atoms with E-state index in [-0.39, 0.29) is 6.61 Å². The van der Waals surface area contributed by atoms with Gasteiger partial charge in [-0.3, -0.25) is 0 Å². The molecule has 1 aliphatic carbocycles. The van der Waals surface area contributed by atoms with Crippen molar-refractivity contribution in [1.29, 1.82) is 0 Å². The fraction of sp³-hybridized carbons (Fsp3) is 0.455. The van der Waals surface area contributed by atoms with Crippen LogP contribution in [-0.4, -0.2) is 26.2 Å². The Kier molecular flexibility index (Phi) is 2.70. The van der Waals surface area contributed by atoms with Crippen molar-refractivity contribution in [1.82, 2.24) is 14.5 Å². The summed E-state index contributed by atoms with van der Waals surface area (Å²) in [4.78, 5) is 8.35. The molecule has 1 saturated carbocycles. The number of nitrogens with zero attached hydrogens (tertiary/aromatic N) is 3. The van der Waals surface area contributed by atoms with Gasteiger partial charge in [0.1, 0.15) is 17.8 Å². The number of fused-ring (bicyclic) bond motifs is 1. The van der Waals surface area contributed by atoms with Crippen molar-refractivity contribution in [3.05, 3.63) is 16.1 Å². The fourth-order valence-corrected chi connectivity index (χ4v) is 3.23. The summed E-state index contributed by atoms with van der Waals surface area (Å²) < 4.78 is 3.25. The van der Waals surface area contributed by atoms with Crippen LogP contribution < -0.4 is 5.73 Å². The molecule has 3 rings (SSSR count). The number of halogens is 1. The van der Waals surface area contributed by atoms with E-state index in [9.17, 15) is 0 Å². The predicted octanol–water partition coefficient (Wildman–Crippen LogP) is 1.56. The molecule has 6 heteroatoms. The summed E-state index contributed by atoms with van der Waals surface area (Å²) in [6.45, 7) is 0.282. The standard InChI is InChI=1S/C11H13IN4O/c12-8-3-16(7-1-6(2-7)4-17)11-9(8)10(13)14-5-15-11/h3,5-7,17H,1-2,4H2,(H2,13,14,15)/t6-,7-. The zero-order valence-electron chi connectivity index (χ0n) is 9.17. The number of aliphatic hydroxyl groups excluding tert-OH is 1. The van der Waals surface area contributed by atoms with E-state index in [1.807, 2.05) is 0 Å². The van der Waals surface area contributed by atoms with E-state index in [4.69, 9.17) is 10.8 Å². The van der Waals surface area contributed by atoms with E-state index in [1.54, 1.807) is 0 Å². The number of aliphatic hydroxyl groups is 1. The first-order valence-corrected chi connectivity index (χ1v) is 6.66.